The molecule has 0 radical (unpaired) electrons. The molecule has 6 nitrogen and oxygen atoms in total. The van der Waals surface area contributed by atoms with E-state index >= 15 is 0 Å². The second-order valence-corrected chi connectivity index (χ2v) is 7.88. The molecule has 1 unspecified atom stereocenters. The van der Waals surface area contributed by atoms with Crippen molar-refractivity contribution in [2.45, 2.75) is 0 Å². The van der Waals surface area contributed by atoms with Crippen molar-refractivity contribution in [3.8, 4) is 0 Å². The molecular weight excluding hydrogens is 396 g/mol. The Balaban J connectivity index is 1.62. The number of hydrogen-bond donors (Lipinski definition) is 2. The zero-order valence-electron chi connectivity index (χ0n) is 17.0. The topological polar surface area (TPSA) is 93.8 Å². The number of aromatic nitrogens is 4. The molecule has 0 saturated carbocycles. The molecule has 5 heterocycles. The number of H-pyrrole nitrogens is 2. The molecule has 0 spiro atoms. The van der Waals surface area contributed by atoms with Gasteiger partial charge >= 0.3 is 5.71 Å². The van der Waals surface area contributed by atoms with E-state index in [2.05, 4.69) is 20.8 Å². The quantitative estimate of drug-likeness (QED) is 0.321. The molecule has 3 aliphatic rings. The van der Waals surface area contributed by atoms with Crippen molar-refractivity contribution in [3.63, 3.8) is 0 Å². The summed E-state index contributed by atoms with van der Waals surface area (Å²) in [5.74, 6) is -0.182. The number of rotatable bonds is 1. The fraction of sp³-hybridized carbons (Fsp3) is 0.0385. The maximum absolute atomic E-state index is 9.52. The lowest BCUT2D eigenvalue weighted by atomic mass is 9.88. The van der Waals surface area contributed by atoms with E-state index in [4.69, 9.17) is 9.97 Å². The largest absolute Gasteiger partial charge is 0.361 e. The summed E-state index contributed by atoms with van der Waals surface area (Å²) in [7, 11) is 0. The fourth-order valence-electron chi connectivity index (χ4n) is 4.18. The number of aromatic amines is 2. The predicted molar refractivity (Wildman–Crippen MR) is 128 cm³/mol. The molecule has 2 N–H and O–H groups in total. The van der Waals surface area contributed by atoms with Gasteiger partial charge in [-0.3, -0.25) is 0 Å². The van der Waals surface area contributed by atoms with Gasteiger partial charge in [-0.15, -0.1) is 0 Å². The number of nitrogens with one attached hydrogen (secondary N) is 2. The first-order valence-corrected chi connectivity index (χ1v) is 10.4. The van der Waals surface area contributed by atoms with Crippen LogP contribution in [0.5, 0.6) is 0 Å². The zero-order chi connectivity index (χ0) is 21.5. The van der Waals surface area contributed by atoms with Gasteiger partial charge in [0.25, 0.3) is 0 Å². The van der Waals surface area contributed by atoms with E-state index in [0.717, 1.165) is 50.4 Å². The highest BCUT2D eigenvalue weighted by Gasteiger charge is 2.28. The van der Waals surface area contributed by atoms with Crippen LogP contribution in [0.25, 0.3) is 51.4 Å². The summed E-state index contributed by atoms with van der Waals surface area (Å²) in [6, 6.07) is 16.2. The van der Waals surface area contributed by atoms with Crippen molar-refractivity contribution >= 4 is 51.6 Å². The molecule has 2 aliphatic heterocycles. The fourth-order valence-corrected chi connectivity index (χ4v) is 4.18. The highest BCUT2D eigenvalue weighted by atomic mass is 14.9. The van der Waals surface area contributed by atoms with Gasteiger partial charge in [-0.1, -0.05) is 18.2 Å². The van der Waals surface area contributed by atoms with Gasteiger partial charge in [-0.2, -0.15) is 4.79 Å². The first-order chi connectivity index (χ1) is 15.7. The van der Waals surface area contributed by atoms with Crippen molar-refractivity contribution in [3.05, 3.63) is 101 Å². The minimum atomic E-state index is -0.182. The SMILES string of the molecule is [N-]=[N+]=C1C=CC=CC1C1=Cc2cc3ccc(cc4ccc(cc5nc(cc1n2)C=C5)[nH]4)[nH]3. The molecule has 6 heteroatoms. The molecule has 0 saturated heterocycles. The second-order valence-electron chi connectivity index (χ2n) is 7.88. The van der Waals surface area contributed by atoms with Crippen LogP contribution in [0.4, 0.5) is 0 Å². The maximum Gasteiger partial charge on any atom is 0.303 e. The summed E-state index contributed by atoms with van der Waals surface area (Å²) < 4.78 is 0. The van der Waals surface area contributed by atoms with Gasteiger partial charge in [0.05, 0.1) is 22.8 Å². The van der Waals surface area contributed by atoms with Crippen LogP contribution in [0.15, 0.2) is 72.8 Å². The Kier molecular flexibility index (Phi) is 4.16. The Bertz CT molecular complexity index is 1590. The Morgan fingerprint density at radius 2 is 1.38 bits per heavy atom. The number of allylic oxidation sites excluding steroid dienone is 5. The molecule has 0 fully saturated rings. The average Bonchev–Trinajstić information content (AvgIpc) is 3.59. The van der Waals surface area contributed by atoms with Crippen molar-refractivity contribution in [1.29, 1.82) is 0 Å². The van der Waals surface area contributed by atoms with Crippen molar-refractivity contribution in [1.82, 2.24) is 19.9 Å². The third-order valence-electron chi connectivity index (χ3n) is 5.65. The number of hydrogen-bond acceptors (Lipinski definition) is 2. The second kappa shape index (κ2) is 7.30. The van der Waals surface area contributed by atoms with Gasteiger partial charge in [0.15, 0.2) is 0 Å². The normalized spacial score (nSPS) is 16.8. The van der Waals surface area contributed by atoms with Crippen LogP contribution in [-0.4, -0.2) is 30.4 Å². The van der Waals surface area contributed by atoms with Crippen LogP contribution in [0.3, 0.4) is 0 Å². The molecule has 1 aliphatic carbocycles. The van der Waals surface area contributed by atoms with E-state index in [9.17, 15) is 5.53 Å². The molecule has 0 aromatic carbocycles. The standard InChI is InChI=1S/C26H18N6/c27-32-25-4-2-1-3-23(25)24-14-22-13-20-8-7-18(29-20)11-16-5-6-17(28-16)12-19-9-10-21(30-19)15-26(24)31-22/h1-15,23,28-29H. The van der Waals surface area contributed by atoms with Crippen LogP contribution in [0, 0.1) is 5.92 Å². The van der Waals surface area contributed by atoms with E-state index in [1.54, 1.807) is 0 Å². The van der Waals surface area contributed by atoms with E-state index < -0.39 is 0 Å². The number of nitrogens with zero attached hydrogens (tertiary/aromatic N) is 4. The average molecular weight is 414 g/mol. The third kappa shape index (κ3) is 3.35. The molecule has 1 atom stereocenters. The van der Waals surface area contributed by atoms with Crippen LogP contribution in [0.1, 0.15) is 22.8 Å². The summed E-state index contributed by atoms with van der Waals surface area (Å²) in [6.07, 6.45) is 13.7. The molecule has 152 valence electrons. The lowest BCUT2D eigenvalue weighted by Gasteiger charge is -2.10. The minimum absolute atomic E-state index is 0.182. The van der Waals surface area contributed by atoms with Crippen LogP contribution in [0.2, 0.25) is 0 Å². The Hall–Kier alpha value is -4.54. The molecule has 3 aromatic heterocycles. The lowest BCUT2D eigenvalue weighted by molar-refractivity contribution is -0.00743. The lowest BCUT2D eigenvalue weighted by Crippen LogP contribution is -2.14. The maximum atomic E-state index is 9.52. The summed E-state index contributed by atoms with van der Waals surface area (Å²) in [6.45, 7) is 0. The summed E-state index contributed by atoms with van der Waals surface area (Å²) in [5, 5.41) is 0. The molecular formula is C26H18N6. The Morgan fingerprint density at radius 1 is 0.719 bits per heavy atom. The molecule has 32 heavy (non-hydrogen) atoms. The highest BCUT2D eigenvalue weighted by molar-refractivity contribution is 6.06. The van der Waals surface area contributed by atoms with Crippen LogP contribution < -0.4 is 0 Å². The first kappa shape index (κ1) is 18.2. The smallest absolute Gasteiger partial charge is 0.303 e. The molecule has 8 bridgehead atoms. The number of fused-ring (bicyclic) bond motifs is 8. The van der Waals surface area contributed by atoms with Gasteiger partial charge in [-0.25, -0.2) is 9.97 Å². The van der Waals surface area contributed by atoms with Gasteiger partial charge < -0.3 is 15.5 Å². The summed E-state index contributed by atoms with van der Waals surface area (Å²) >= 11 is 0. The predicted octanol–water partition coefficient (Wildman–Crippen LogP) is 5.44. The minimum Gasteiger partial charge on any atom is -0.361 e. The van der Waals surface area contributed by atoms with Crippen molar-refractivity contribution in [2.75, 3.05) is 0 Å². The highest BCUT2D eigenvalue weighted by Crippen LogP contribution is 2.32. The van der Waals surface area contributed by atoms with Crippen LogP contribution >= 0.6 is 0 Å². The Labute approximate surface area is 183 Å². The van der Waals surface area contributed by atoms with E-state index in [1.165, 1.54) is 0 Å². The third-order valence-corrected chi connectivity index (χ3v) is 5.65. The van der Waals surface area contributed by atoms with E-state index in [0.29, 0.717) is 5.71 Å². The van der Waals surface area contributed by atoms with Gasteiger partial charge in [0.2, 0.25) is 0 Å². The monoisotopic (exact) mass is 414 g/mol. The van der Waals surface area contributed by atoms with Crippen molar-refractivity contribution < 1.29 is 4.79 Å². The first-order valence-electron chi connectivity index (χ1n) is 10.4. The molecule has 3 aromatic rings. The summed E-state index contributed by atoms with van der Waals surface area (Å²) in [5.41, 5.74) is 18.4. The molecule has 6 rings (SSSR count). The summed E-state index contributed by atoms with van der Waals surface area (Å²) in [4.78, 5) is 19.9. The van der Waals surface area contributed by atoms with E-state index in [1.807, 2.05) is 85.0 Å². The van der Waals surface area contributed by atoms with Crippen LogP contribution in [-0.2, 0) is 0 Å². The van der Waals surface area contributed by atoms with Gasteiger partial charge in [0.1, 0.15) is 5.92 Å². The van der Waals surface area contributed by atoms with Gasteiger partial charge in [-0.05, 0) is 72.3 Å². The van der Waals surface area contributed by atoms with Gasteiger partial charge in [0, 0.05) is 28.1 Å². The molecule has 0 amide bonds. The van der Waals surface area contributed by atoms with Crippen molar-refractivity contribution in [2.24, 2.45) is 5.92 Å². The van der Waals surface area contributed by atoms with E-state index in [-0.39, 0.29) is 5.92 Å². The zero-order valence-corrected chi connectivity index (χ0v) is 17.0. The Morgan fingerprint density at radius 3 is 2.09 bits per heavy atom.